The van der Waals surface area contributed by atoms with Crippen LogP contribution in [0.3, 0.4) is 0 Å². The normalized spacial score (nSPS) is 10.8. The number of hydrogen-bond acceptors (Lipinski definition) is 2. The van der Waals surface area contributed by atoms with Crippen LogP contribution in [0.2, 0.25) is 0 Å². The molecule has 1 heterocycles. The van der Waals surface area contributed by atoms with Gasteiger partial charge in [0.1, 0.15) is 5.82 Å². The maximum atomic E-state index is 12.3. The number of rotatable bonds is 1. The first-order chi connectivity index (χ1) is 5.52. The van der Waals surface area contributed by atoms with Gasteiger partial charge in [0.05, 0.1) is 4.47 Å². The fraction of sp³-hybridized carbons (Fsp3) is 0.286. The minimum absolute atomic E-state index is 0.102. The van der Waals surface area contributed by atoms with Crippen LogP contribution in [0.1, 0.15) is 17.7 Å². The topological polar surface area (TPSA) is 38.9 Å². The van der Waals surface area contributed by atoms with Gasteiger partial charge in [-0.15, -0.1) is 0 Å². The van der Waals surface area contributed by atoms with E-state index >= 15 is 0 Å². The summed E-state index contributed by atoms with van der Waals surface area (Å²) in [7, 11) is 0. The third kappa shape index (κ3) is 1.72. The fourth-order valence-electron chi connectivity index (χ4n) is 0.866. The SMILES string of the molecule is Cc1cc(C(F)F)c(Br)c(N)n1. The van der Waals surface area contributed by atoms with Crippen molar-refractivity contribution < 1.29 is 8.78 Å². The first-order valence-corrected chi connectivity index (χ1v) is 4.02. The molecule has 0 saturated carbocycles. The average molecular weight is 237 g/mol. The minimum atomic E-state index is -2.52. The standard InChI is InChI=1S/C7H7BrF2N2/c1-3-2-4(6(9)10)5(8)7(11)12-3/h2,6H,1H3,(H2,11,12). The number of alkyl halides is 2. The van der Waals surface area contributed by atoms with Gasteiger partial charge in [0, 0.05) is 11.3 Å². The number of aryl methyl sites for hydroxylation is 1. The van der Waals surface area contributed by atoms with Crippen LogP contribution in [0.15, 0.2) is 10.5 Å². The summed E-state index contributed by atoms with van der Waals surface area (Å²) in [6.45, 7) is 1.62. The zero-order valence-electron chi connectivity index (χ0n) is 6.31. The number of pyridine rings is 1. The highest BCUT2D eigenvalue weighted by molar-refractivity contribution is 9.10. The van der Waals surface area contributed by atoms with Crippen molar-refractivity contribution in [1.29, 1.82) is 0 Å². The molecule has 0 saturated heterocycles. The Labute approximate surface area is 76.9 Å². The van der Waals surface area contributed by atoms with Crippen LogP contribution in [0.25, 0.3) is 0 Å². The highest BCUT2D eigenvalue weighted by atomic mass is 79.9. The van der Waals surface area contributed by atoms with Crippen LogP contribution in [0.4, 0.5) is 14.6 Å². The second kappa shape index (κ2) is 3.35. The van der Waals surface area contributed by atoms with Crippen LogP contribution in [-0.4, -0.2) is 4.98 Å². The second-order valence-corrected chi connectivity index (χ2v) is 3.15. The molecule has 0 atom stereocenters. The molecule has 0 amide bonds. The number of nitrogen functional groups attached to an aromatic ring is 1. The number of halogens is 3. The Balaban J connectivity index is 3.28. The highest BCUT2D eigenvalue weighted by Crippen LogP contribution is 2.30. The van der Waals surface area contributed by atoms with Gasteiger partial charge in [-0.2, -0.15) is 0 Å². The number of anilines is 1. The van der Waals surface area contributed by atoms with E-state index in [1.54, 1.807) is 6.92 Å². The van der Waals surface area contributed by atoms with Crippen molar-refractivity contribution in [3.8, 4) is 0 Å². The van der Waals surface area contributed by atoms with Crippen molar-refractivity contribution >= 4 is 21.7 Å². The second-order valence-electron chi connectivity index (χ2n) is 2.35. The Hall–Kier alpha value is -0.710. The fourth-order valence-corrected chi connectivity index (χ4v) is 1.24. The predicted octanol–water partition coefficient (Wildman–Crippen LogP) is 2.67. The first-order valence-electron chi connectivity index (χ1n) is 3.23. The monoisotopic (exact) mass is 236 g/mol. The van der Waals surface area contributed by atoms with Crippen LogP contribution in [0.5, 0.6) is 0 Å². The largest absolute Gasteiger partial charge is 0.383 e. The van der Waals surface area contributed by atoms with Crippen molar-refractivity contribution in [3.63, 3.8) is 0 Å². The Kier molecular flexibility index (Phi) is 2.62. The van der Waals surface area contributed by atoms with E-state index in [1.165, 1.54) is 6.07 Å². The maximum absolute atomic E-state index is 12.3. The van der Waals surface area contributed by atoms with E-state index in [1.807, 2.05) is 0 Å². The lowest BCUT2D eigenvalue weighted by Crippen LogP contribution is -1.98. The molecule has 1 aromatic rings. The van der Waals surface area contributed by atoms with Gasteiger partial charge >= 0.3 is 0 Å². The molecule has 12 heavy (non-hydrogen) atoms. The molecule has 5 heteroatoms. The van der Waals surface area contributed by atoms with Crippen molar-refractivity contribution in [2.75, 3.05) is 5.73 Å². The molecule has 0 aliphatic carbocycles. The summed E-state index contributed by atoms with van der Waals surface area (Å²) in [5, 5.41) is 0. The Morgan fingerprint density at radius 2 is 2.17 bits per heavy atom. The number of nitrogens with zero attached hydrogens (tertiary/aromatic N) is 1. The zero-order chi connectivity index (χ0) is 9.30. The molecule has 1 rings (SSSR count). The lowest BCUT2D eigenvalue weighted by atomic mass is 10.2. The van der Waals surface area contributed by atoms with E-state index in [9.17, 15) is 8.78 Å². The molecule has 2 nitrogen and oxygen atoms in total. The van der Waals surface area contributed by atoms with Gasteiger partial charge in [-0.1, -0.05) is 0 Å². The summed E-state index contributed by atoms with van der Waals surface area (Å²) in [4.78, 5) is 3.81. The lowest BCUT2D eigenvalue weighted by molar-refractivity contribution is 0.150. The van der Waals surface area contributed by atoms with Crippen LogP contribution in [-0.2, 0) is 0 Å². The van der Waals surface area contributed by atoms with Crippen LogP contribution in [0, 0.1) is 6.92 Å². The quantitative estimate of drug-likeness (QED) is 0.815. The first kappa shape index (κ1) is 9.38. The summed E-state index contributed by atoms with van der Waals surface area (Å²) < 4.78 is 24.7. The molecular weight excluding hydrogens is 230 g/mol. The number of aromatic nitrogens is 1. The molecule has 0 aliphatic heterocycles. The van der Waals surface area contributed by atoms with Gasteiger partial charge in [-0.3, -0.25) is 0 Å². The third-order valence-electron chi connectivity index (χ3n) is 1.37. The molecule has 0 fully saturated rings. The molecule has 1 aromatic heterocycles. The number of nitrogens with two attached hydrogens (primary N) is 1. The summed E-state index contributed by atoms with van der Waals surface area (Å²) in [5.41, 5.74) is 5.75. The molecule has 0 spiro atoms. The minimum Gasteiger partial charge on any atom is -0.383 e. The molecule has 0 bridgehead atoms. The van der Waals surface area contributed by atoms with E-state index in [0.29, 0.717) is 5.69 Å². The average Bonchev–Trinajstić information content (AvgIpc) is 1.96. The molecule has 66 valence electrons. The molecule has 2 N–H and O–H groups in total. The summed E-state index contributed by atoms with van der Waals surface area (Å²) in [5.74, 6) is 0.102. The van der Waals surface area contributed by atoms with Crippen molar-refractivity contribution in [2.24, 2.45) is 0 Å². The Bertz CT molecular complexity index is 302. The Morgan fingerprint density at radius 1 is 1.58 bits per heavy atom. The van der Waals surface area contributed by atoms with Crippen molar-refractivity contribution in [1.82, 2.24) is 4.98 Å². The van der Waals surface area contributed by atoms with Crippen LogP contribution >= 0.6 is 15.9 Å². The van der Waals surface area contributed by atoms with E-state index in [4.69, 9.17) is 5.73 Å². The van der Waals surface area contributed by atoms with E-state index in [-0.39, 0.29) is 15.9 Å². The van der Waals surface area contributed by atoms with E-state index < -0.39 is 6.43 Å². The van der Waals surface area contributed by atoms with E-state index in [0.717, 1.165) is 0 Å². The van der Waals surface area contributed by atoms with Crippen molar-refractivity contribution in [2.45, 2.75) is 13.3 Å². The molecule has 0 aromatic carbocycles. The predicted molar refractivity (Wildman–Crippen MR) is 46.0 cm³/mol. The van der Waals surface area contributed by atoms with Gasteiger partial charge in [0.25, 0.3) is 6.43 Å². The summed E-state index contributed by atoms with van der Waals surface area (Å²) in [6, 6.07) is 1.31. The lowest BCUT2D eigenvalue weighted by Gasteiger charge is -2.06. The molecule has 0 aliphatic rings. The molecular formula is C7H7BrF2N2. The highest BCUT2D eigenvalue weighted by Gasteiger charge is 2.14. The molecule has 0 radical (unpaired) electrons. The van der Waals surface area contributed by atoms with Crippen LogP contribution < -0.4 is 5.73 Å². The summed E-state index contributed by atoms with van der Waals surface area (Å²) >= 11 is 2.95. The number of hydrogen-bond donors (Lipinski definition) is 1. The molecule has 0 unspecified atom stereocenters. The van der Waals surface area contributed by atoms with Gasteiger partial charge in [0.2, 0.25) is 0 Å². The maximum Gasteiger partial charge on any atom is 0.265 e. The van der Waals surface area contributed by atoms with Gasteiger partial charge in [-0.25, -0.2) is 13.8 Å². The van der Waals surface area contributed by atoms with Gasteiger partial charge < -0.3 is 5.73 Å². The van der Waals surface area contributed by atoms with E-state index in [2.05, 4.69) is 20.9 Å². The summed E-state index contributed by atoms with van der Waals surface area (Å²) in [6.07, 6.45) is -2.52. The van der Waals surface area contributed by atoms with Crippen molar-refractivity contribution in [3.05, 3.63) is 21.8 Å². The Morgan fingerprint density at radius 3 is 2.67 bits per heavy atom. The van der Waals surface area contributed by atoms with Gasteiger partial charge in [0.15, 0.2) is 0 Å². The zero-order valence-corrected chi connectivity index (χ0v) is 7.90. The van der Waals surface area contributed by atoms with Gasteiger partial charge in [-0.05, 0) is 28.9 Å². The smallest absolute Gasteiger partial charge is 0.265 e. The third-order valence-corrected chi connectivity index (χ3v) is 2.24.